The highest BCUT2D eigenvalue weighted by molar-refractivity contribution is 5.97. The Labute approximate surface area is 215 Å². The lowest BCUT2D eigenvalue weighted by molar-refractivity contribution is 0.0910. The van der Waals surface area contributed by atoms with Gasteiger partial charge in [0.1, 0.15) is 5.75 Å². The van der Waals surface area contributed by atoms with Gasteiger partial charge in [0.25, 0.3) is 5.91 Å². The van der Waals surface area contributed by atoms with Crippen molar-refractivity contribution >= 4 is 22.7 Å². The van der Waals surface area contributed by atoms with Crippen LogP contribution in [0.2, 0.25) is 0 Å². The second kappa shape index (κ2) is 11.5. The number of rotatable bonds is 8. The minimum absolute atomic E-state index is 0.132. The summed E-state index contributed by atoms with van der Waals surface area (Å²) in [5.41, 5.74) is 9.37. The number of ether oxygens (including phenoxy) is 1. The van der Waals surface area contributed by atoms with Gasteiger partial charge in [-0.1, -0.05) is 30.0 Å². The van der Waals surface area contributed by atoms with E-state index >= 15 is 0 Å². The van der Waals surface area contributed by atoms with Gasteiger partial charge in [-0.25, -0.2) is 0 Å². The van der Waals surface area contributed by atoms with E-state index in [-0.39, 0.29) is 18.6 Å². The van der Waals surface area contributed by atoms with Gasteiger partial charge in [-0.05, 0) is 74.4 Å². The number of hydrogen-bond donors (Lipinski definition) is 4. The summed E-state index contributed by atoms with van der Waals surface area (Å²) < 4.78 is 5.88. The summed E-state index contributed by atoms with van der Waals surface area (Å²) in [6, 6.07) is 19.3. The number of aromatic nitrogens is 1. The zero-order chi connectivity index (χ0) is 26.4. The van der Waals surface area contributed by atoms with Crippen molar-refractivity contribution in [2.75, 3.05) is 6.61 Å². The predicted octanol–water partition coefficient (Wildman–Crippen LogP) is 3.79. The highest BCUT2D eigenvalue weighted by Crippen LogP contribution is 2.23. The Morgan fingerprint density at radius 2 is 1.73 bits per heavy atom. The first-order valence-electron chi connectivity index (χ1n) is 12.0. The molecule has 0 aliphatic rings. The molecule has 5 N–H and O–H groups in total. The van der Waals surface area contributed by atoms with Crippen molar-refractivity contribution in [3.05, 3.63) is 101 Å². The monoisotopic (exact) mass is 495 g/mol. The second-order valence-electron chi connectivity index (χ2n) is 8.99. The van der Waals surface area contributed by atoms with Gasteiger partial charge >= 0.3 is 0 Å². The fourth-order valence-corrected chi connectivity index (χ4v) is 3.99. The van der Waals surface area contributed by atoms with E-state index in [0.717, 1.165) is 16.5 Å². The summed E-state index contributed by atoms with van der Waals surface area (Å²) in [6.45, 7) is 3.56. The van der Waals surface area contributed by atoms with Crippen LogP contribution in [-0.2, 0) is 6.42 Å². The number of benzene rings is 3. The van der Waals surface area contributed by atoms with Gasteiger partial charge in [0, 0.05) is 33.8 Å². The third-order valence-corrected chi connectivity index (χ3v) is 5.80. The molecule has 0 fully saturated rings. The quantitative estimate of drug-likeness (QED) is 0.278. The molecule has 3 aromatic carbocycles. The maximum Gasteiger partial charge on any atom is 0.255 e. The molecule has 37 heavy (non-hydrogen) atoms. The van der Waals surface area contributed by atoms with Crippen molar-refractivity contribution in [2.24, 2.45) is 5.73 Å². The predicted molar refractivity (Wildman–Crippen MR) is 143 cm³/mol. The standard InChI is InChI=1S/C30H29N3O4/c1-19(2)37-28-14-11-21(8-7-20-9-12-22(13-10-20)29(31)35)15-26(28)30(36)33-24(18-34)16-23-17-32-27-6-4-3-5-25(23)27/h3-6,9-15,17,19,24,32,34H,16,18H2,1-2H3,(H2,31,35)(H,33,36)/t24-/m1/s1. The Morgan fingerprint density at radius 1 is 1.03 bits per heavy atom. The minimum atomic E-state index is -0.498. The maximum absolute atomic E-state index is 13.3. The molecule has 1 atom stereocenters. The number of H-pyrrole nitrogens is 1. The van der Waals surface area contributed by atoms with Crippen LogP contribution in [-0.4, -0.2) is 40.7 Å². The molecule has 7 nitrogen and oxygen atoms in total. The Bertz CT molecular complexity index is 1480. The molecule has 0 aliphatic heterocycles. The molecular formula is C30H29N3O4. The molecule has 188 valence electrons. The summed E-state index contributed by atoms with van der Waals surface area (Å²) >= 11 is 0. The third kappa shape index (κ3) is 6.37. The smallest absolute Gasteiger partial charge is 0.255 e. The first kappa shape index (κ1) is 25.5. The highest BCUT2D eigenvalue weighted by Gasteiger charge is 2.19. The zero-order valence-electron chi connectivity index (χ0n) is 20.7. The molecule has 1 aromatic heterocycles. The van der Waals surface area contributed by atoms with E-state index in [0.29, 0.717) is 34.4 Å². The summed E-state index contributed by atoms with van der Waals surface area (Å²) in [5, 5.41) is 14.0. The van der Waals surface area contributed by atoms with Gasteiger partial charge in [0.05, 0.1) is 24.3 Å². The topological polar surface area (TPSA) is 117 Å². The first-order valence-corrected chi connectivity index (χ1v) is 12.0. The Kier molecular flexibility index (Phi) is 7.92. The largest absolute Gasteiger partial charge is 0.490 e. The van der Waals surface area contributed by atoms with Crippen LogP contribution >= 0.6 is 0 Å². The molecular weight excluding hydrogens is 466 g/mol. The lowest BCUT2D eigenvalue weighted by atomic mass is 10.0. The normalized spacial score (nSPS) is 11.6. The molecule has 0 saturated heterocycles. The molecule has 0 aliphatic carbocycles. The number of amides is 2. The van der Waals surface area contributed by atoms with Crippen molar-refractivity contribution in [1.29, 1.82) is 0 Å². The number of nitrogens with one attached hydrogen (secondary N) is 2. The van der Waals surface area contributed by atoms with E-state index in [4.69, 9.17) is 10.5 Å². The van der Waals surface area contributed by atoms with Gasteiger partial charge in [-0.2, -0.15) is 0 Å². The number of carbonyl (C=O) groups excluding carboxylic acids is 2. The SMILES string of the molecule is CC(C)Oc1ccc(C#Cc2ccc(C(N)=O)cc2)cc1C(=O)N[C@@H](CO)Cc1c[nH]c2ccccc12. The van der Waals surface area contributed by atoms with Crippen LogP contribution in [0, 0.1) is 11.8 Å². The van der Waals surface area contributed by atoms with Crippen molar-refractivity contribution in [3.63, 3.8) is 0 Å². The molecule has 0 spiro atoms. The molecule has 4 rings (SSSR count). The lowest BCUT2D eigenvalue weighted by Gasteiger charge is -2.19. The molecule has 4 aromatic rings. The average Bonchev–Trinajstić information content (AvgIpc) is 3.30. The highest BCUT2D eigenvalue weighted by atomic mass is 16.5. The van der Waals surface area contributed by atoms with Gasteiger partial charge in [0.2, 0.25) is 5.91 Å². The van der Waals surface area contributed by atoms with Crippen molar-refractivity contribution in [2.45, 2.75) is 32.4 Å². The number of fused-ring (bicyclic) bond motifs is 1. The van der Waals surface area contributed by atoms with Gasteiger partial charge in [-0.15, -0.1) is 0 Å². The summed E-state index contributed by atoms with van der Waals surface area (Å²) in [6.07, 6.45) is 2.24. The Morgan fingerprint density at radius 3 is 2.43 bits per heavy atom. The van der Waals surface area contributed by atoms with E-state index in [1.807, 2.05) is 44.3 Å². The summed E-state index contributed by atoms with van der Waals surface area (Å²) in [4.78, 5) is 27.8. The van der Waals surface area contributed by atoms with Gasteiger partial charge in [0.15, 0.2) is 0 Å². The molecule has 0 bridgehead atoms. The summed E-state index contributed by atoms with van der Waals surface area (Å²) in [7, 11) is 0. The van der Waals surface area contributed by atoms with Crippen molar-refractivity contribution < 1.29 is 19.4 Å². The fraction of sp³-hybridized carbons (Fsp3) is 0.200. The van der Waals surface area contributed by atoms with E-state index in [1.165, 1.54) is 0 Å². The van der Waals surface area contributed by atoms with Crippen molar-refractivity contribution in [1.82, 2.24) is 10.3 Å². The van der Waals surface area contributed by atoms with E-state index in [1.54, 1.807) is 42.5 Å². The number of hydrogen-bond acceptors (Lipinski definition) is 4. The van der Waals surface area contributed by atoms with Crippen LogP contribution in [0.3, 0.4) is 0 Å². The fourth-order valence-electron chi connectivity index (χ4n) is 3.99. The molecule has 7 heteroatoms. The molecule has 2 amide bonds. The molecule has 0 saturated carbocycles. The van der Waals surface area contributed by atoms with Crippen LogP contribution in [0.1, 0.15) is 51.3 Å². The molecule has 1 heterocycles. The Balaban J connectivity index is 1.56. The average molecular weight is 496 g/mol. The minimum Gasteiger partial charge on any atom is -0.490 e. The number of carbonyl (C=O) groups is 2. The van der Waals surface area contributed by atoms with Crippen LogP contribution in [0.5, 0.6) is 5.75 Å². The number of aliphatic hydroxyl groups excluding tert-OH is 1. The second-order valence-corrected chi connectivity index (χ2v) is 8.99. The number of aromatic amines is 1. The van der Waals surface area contributed by atoms with Crippen LogP contribution < -0.4 is 15.8 Å². The zero-order valence-corrected chi connectivity index (χ0v) is 20.7. The maximum atomic E-state index is 13.3. The Hall–Kier alpha value is -4.54. The van der Waals surface area contributed by atoms with E-state index < -0.39 is 11.9 Å². The number of aliphatic hydroxyl groups is 1. The lowest BCUT2D eigenvalue weighted by Crippen LogP contribution is -2.39. The van der Waals surface area contributed by atoms with Gasteiger partial charge < -0.3 is 25.9 Å². The van der Waals surface area contributed by atoms with Crippen LogP contribution in [0.25, 0.3) is 10.9 Å². The molecule has 0 radical (unpaired) electrons. The molecule has 0 unspecified atom stereocenters. The van der Waals surface area contributed by atoms with E-state index in [9.17, 15) is 14.7 Å². The first-order chi connectivity index (χ1) is 17.8. The van der Waals surface area contributed by atoms with Crippen LogP contribution in [0.15, 0.2) is 72.9 Å². The third-order valence-electron chi connectivity index (χ3n) is 5.80. The number of nitrogens with two attached hydrogens (primary N) is 1. The van der Waals surface area contributed by atoms with Crippen LogP contribution in [0.4, 0.5) is 0 Å². The number of para-hydroxylation sites is 1. The van der Waals surface area contributed by atoms with E-state index in [2.05, 4.69) is 22.1 Å². The van der Waals surface area contributed by atoms with Crippen molar-refractivity contribution in [3.8, 4) is 17.6 Å². The van der Waals surface area contributed by atoms with Gasteiger partial charge in [-0.3, -0.25) is 9.59 Å². The summed E-state index contributed by atoms with van der Waals surface area (Å²) in [5.74, 6) is 5.67. The number of primary amides is 1.